The Bertz CT molecular complexity index is 545. The molecule has 1 N–H and O–H groups in total. The van der Waals surface area contributed by atoms with Gasteiger partial charge >= 0.3 is 0 Å². The second-order valence-electron chi connectivity index (χ2n) is 4.50. The van der Waals surface area contributed by atoms with Crippen molar-refractivity contribution in [1.29, 1.82) is 0 Å². The minimum atomic E-state index is 0.732. The molecule has 0 amide bonds. The highest BCUT2D eigenvalue weighted by molar-refractivity contribution is 7.14. The molecule has 2 rings (SSSR count). The maximum Gasteiger partial charge on any atom is 0.183 e. The number of aryl methyl sites for hydroxylation is 1. The molecule has 2 heterocycles. The summed E-state index contributed by atoms with van der Waals surface area (Å²) in [5.41, 5.74) is 4.78. The SMILES string of the molecule is CCNc1nc(-c2cc(C)n(CCOC)c2C)cs1. The Balaban J connectivity index is 2.28. The number of methoxy groups -OCH3 is 1. The normalized spacial score (nSPS) is 10.9. The first-order valence-corrected chi connectivity index (χ1v) is 7.40. The van der Waals surface area contributed by atoms with E-state index >= 15 is 0 Å². The van der Waals surface area contributed by atoms with Gasteiger partial charge in [0.25, 0.3) is 0 Å². The lowest BCUT2D eigenvalue weighted by molar-refractivity contribution is 0.186. The van der Waals surface area contributed by atoms with E-state index in [1.165, 1.54) is 17.0 Å². The molecule has 104 valence electrons. The zero-order valence-corrected chi connectivity index (χ0v) is 12.8. The average molecular weight is 279 g/mol. The highest BCUT2D eigenvalue weighted by atomic mass is 32.1. The summed E-state index contributed by atoms with van der Waals surface area (Å²) in [7, 11) is 1.73. The molecule has 0 fully saturated rings. The third kappa shape index (κ3) is 2.98. The van der Waals surface area contributed by atoms with Crippen LogP contribution in [0, 0.1) is 13.8 Å². The quantitative estimate of drug-likeness (QED) is 0.881. The zero-order valence-electron chi connectivity index (χ0n) is 12.0. The van der Waals surface area contributed by atoms with Crippen molar-refractivity contribution < 1.29 is 4.74 Å². The van der Waals surface area contributed by atoms with Crippen LogP contribution in [0.25, 0.3) is 11.3 Å². The lowest BCUT2D eigenvalue weighted by Gasteiger charge is -2.08. The van der Waals surface area contributed by atoms with Gasteiger partial charge < -0.3 is 14.6 Å². The van der Waals surface area contributed by atoms with Crippen LogP contribution < -0.4 is 5.32 Å². The van der Waals surface area contributed by atoms with E-state index in [-0.39, 0.29) is 0 Å². The predicted molar refractivity (Wildman–Crippen MR) is 81.1 cm³/mol. The molecule has 0 aliphatic heterocycles. The first kappa shape index (κ1) is 14.1. The molecule has 0 saturated carbocycles. The third-order valence-corrected chi connectivity index (χ3v) is 4.00. The van der Waals surface area contributed by atoms with E-state index in [9.17, 15) is 0 Å². The van der Waals surface area contributed by atoms with Gasteiger partial charge in [0.05, 0.1) is 12.3 Å². The number of ether oxygens (including phenoxy) is 1. The summed E-state index contributed by atoms with van der Waals surface area (Å²) in [6, 6.07) is 2.20. The fourth-order valence-electron chi connectivity index (χ4n) is 2.22. The van der Waals surface area contributed by atoms with Crippen molar-refractivity contribution in [3.63, 3.8) is 0 Å². The van der Waals surface area contributed by atoms with Crippen molar-refractivity contribution >= 4 is 16.5 Å². The van der Waals surface area contributed by atoms with E-state index in [1.807, 2.05) is 0 Å². The van der Waals surface area contributed by atoms with Crippen molar-refractivity contribution in [1.82, 2.24) is 9.55 Å². The first-order valence-electron chi connectivity index (χ1n) is 6.52. The lowest BCUT2D eigenvalue weighted by atomic mass is 10.2. The molecule has 0 aliphatic carbocycles. The topological polar surface area (TPSA) is 39.1 Å². The summed E-state index contributed by atoms with van der Waals surface area (Å²) in [5.74, 6) is 0. The van der Waals surface area contributed by atoms with Crippen molar-refractivity contribution in [3.05, 3.63) is 22.8 Å². The average Bonchev–Trinajstić information content (AvgIpc) is 2.94. The molecular weight excluding hydrogens is 258 g/mol. The van der Waals surface area contributed by atoms with Gasteiger partial charge in [0.15, 0.2) is 5.13 Å². The van der Waals surface area contributed by atoms with Crippen LogP contribution in [-0.4, -0.2) is 29.8 Å². The van der Waals surface area contributed by atoms with Crippen LogP contribution in [0.3, 0.4) is 0 Å². The van der Waals surface area contributed by atoms with Crippen molar-refractivity contribution in [2.24, 2.45) is 0 Å². The highest BCUT2D eigenvalue weighted by Gasteiger charge is 2.13. The molecule has 2 aromatic rings. The minimum Gasteiger partial charge on any atom is -0.383 e. The molecule has 4 nitrogen and oxygen atoms in total. The first-order chi connectivity index (χ1) is 9.17. The molecule has 19 heavy (non-hydrogen) atoms. The van der Waals surface area contributed by atoms with E-state index in [1.54, 1.807) is 18.4 Å². The summed E-state index contributed by atoms with van der Waals surface area (Å²) in [5, 5.41) is 6.35. The predicted octanol–water partition coefficient (Wildman–Crippen LogP) is 3.31. The van der Waals surface area contributed by atoms with Gasteiger partial charge in [-0.15, -0.1) is 11.3 Å². The number of thiazole rings is 1. The Hall–Kier alpha value is -1.33. The minimum absolute atomic E-state index is 0.732. The van der Waals surface area contributed by atoms with Gasteiger partial charge in [-0.2, -0.15) is 0 Å². The lowest BCUT2D eigenvalue weighted by Crippen LogP contribution is -2.07. The Morgan fingerprint density at radius 1 is 1.42 bits per heavy atom. The summed E-state index contributed by atoms with van der Waals surface area (Å²) in [6.45, 7) is 8.87. The fourth-order valence-corrected chi connectivity index (χ4v) is 3.00. The van der Waals surface area contributed by atoms with E-state index in [0.717, 1.165) is 30.5 Å². The highest BCUT2D eigenvalue weighted by Crippen LogP contribution is 2.29. The maximum absolute atomic E-state index is 5.16. The van der Waals surface area contributed by atoms with Crippen LogP contribution in [0.5, 0.6) is 0 Å². The standard InChI is InChI=1S/C14H21N3OS/c1-5-15-14-16-13(9-19-14)12-8-10(2)17(11(12)3)6-7-18-4/h8-9H,5-7H2,1-4H3,(H,15,16). The number of nitrogens with one attached hydrogen (secondary N) is 1. The van der Waals surface area contributed by atoms with Gasteiger partial charge in [-0.3, -0.25) is 0 Å². The van der Waals surface area contributed by atoms with E-state index < -0.39 is 0 Å². The smallest absolute Gasteiger partial charge is 0.183 e. The molecule has 5 heteroatoms. The number of anilines is 1. The summed E-state index contributed by atoms with van der Waals surface area (Å²) in [6.07, 6.45) is 0. The Labute approximate surface area is 118 Å². The second-order valence-corrected chi connectivity index (χ2v) is 5.36. The summed E-state index contributed by atoms with van der Waals surface area (Å²) in [4.78, 5) is 4.63. The van der Waals surface area contributed by atoms with Crippen molar-refractivity contribution in [2.45, 2.75) is 27.3 Å². The van der Waals surface area contributed by atoms with Crippen LogP contribution in [0.15, 0.2) is 11.4 Å². The Kier molecular flexibility index (Phi) is 4.61. The van der Waals surface area contributed by atoms with Crippen LogP contribution in [0.4, 0.5) is 5.13 Å². The monoisotopic (exact) mass is 279 g/mol. The largest absolute Gasteiger partial charge is 0.383 e. The molecule has 0 spiro atoms. The Morgan fingerprint density at radius 3 is 2.89 bits per heavy atom. The molecule has 0 unspecified atom stereocenters. The molecule has 0 saturated heterocycles. The molecule has 0 radical (unpaired) electrons. The summed E-state index contributed by atoms with van der Waals surface area (Å²) >= 11 is 1.65. The van der Waals surface area contributed by atoms with Crippen molar-refractivity contribution in [2.75, 3.05) is 25.6 Å². The number of hydrogen-bond donors (Lipinski definition) is 1. The van der Waals surface area contributed by atoms with Gasteiger partial charge in [-0.05, 0) is 26.8 Å². The second kappa shape index (κ2) is 6.21. The fraction of sp³-hybridized carbons (Fsp3) is 0.500. The van der Waals surface area contributed by atoms with Gasteiger partial charge in [0, 0.05) is 42.5 Å². The number of nitrogens with zero attached hydrogens (tertiary/aromatic N) is 2. The molecule has 2 aromatic heterocycles. The van der Waals surface area contributed by atoms with Gasteiger partial charge in [-0.1, -0.05) is 0 Å². The van der Waals surface area contributed by atoms with Crippen molar-refractivity contribution in [3.8, 4) is 11.3 Å². The molecule has 0 aromatic carbocycles. The number of hydrogen-bond acceptors (Lipinski definition) is 4. The molecule has 0 aliphatic rings. The van der Waals surface area contributed by atoms with Crippen LogP contribution in [-0.2, 0) is 11.3 Å². The third-order valence-electron chi connectivity index (χ3n) is 3.20. The van der Waals surface area contributed by atoms with E-state index in [0.29, 0.717) is 0 Å². The molecular formula is C14H21N3OS. The number of aromatic nitrogens is 2. The van der Waals surface area contributed by atoms with Crippen LogP contribution in [0.1, 0.15) is 18.3 Å². The van der Waals surface area contributed by atoms with Gasteiger partial charge in [0.1, 0.15) is 0 Å². The number of rotatable bonds is 6. The van der Waals surface area contributed by atoms with Crippen LogP contribution in [0.2, 0.25) is 0 Å². The maximum atomic E-state index is 5.16. The summed E-state index contributed by atoms with van der Waals surface area (Å²) < 4.78 is 7.45. The zero-order chi connectivity index (χ0) is 13.8. The van der Waals surface area contributed by atoms with Gasteiger partial charge in [-0.25, -0.2) is 4.98 Å². The van der Waals surface area contributed by atoms with Gasteiger partial charge in [0.2, 0.25) is 0 Å². The van der Waals surface area contributed by atoms with E-state index in [2.05, 4.69) is 47.1 Å². The van der Waals surface area contributed by atoms with E-state index in [4.69, 9.17) is 4.74 Å². The molecule has 0 bridgehead atoms. The molecule has 0 atom stereocenters. The van der Waals surface area contributed by atoms with Crippen LogP contribution >= 0.6 is 11.3 Å². The Morgan fingerprint density at radius 2 is 2.21 bits per heavy atom.